The monoisotopic (exact) mass is 1240 g/mol. The molecule has 0 radical (unpaired) electrons. The van der Waals surface area contributed by atoms with Crippen molar-refractivity contribution in [2.45, 2.75) is 386 Å². The summed E-state index contributed by atoms with van der Waals surface area (Å²) in [5.41, 5.74) is 1.68. The van der Waals surface area contributed by atoms with E-state index in [0.29, 0.717) is 25.0 Å². The predicted molar refractivity (Wildman–Crippen MR) is 377 cm³/mol. The lowest BCUT2D eigenvalue weighted by molar-refractivity contribution is -0.157. The van der Waals surface area contributed by atoms with Gasteiger partial charge in [-0.05, 0) is 30.4 Å². The van der Waals surface area contributed by atoms with Crippen LogP contribution in [0.25, 0.3) is 0 Å². The predicted octanol–water partition coefficient (Wildman–Crippen LogP) is 24.1. The van der Waals surface area contributed by atoms with Crippen LogP contribution in [-0.4, -0.2) is 54.1 Å². The standard InChI is InChI=1S/C79H137NO7S/c1-4-7-10-13-16-19-22-25-27-29-31-33-35-38-41-44-47-50-59-66-76(82)85-68-73(86-77(83)67-60-51-48-45-42-39-36-34-32-30-28-26-23-20-17-14-11-8-5-2)69-88-70-74(79(84)87-78(71-61-54-52-55-62-71)72-63-56-53-57-64-72)80-75(81)65-58-49-46-43-40-37-24-21-18-15-12-9-6-3/h52-57,61-64,73-74,78H,4-51,58-60,65-70H2,1-3H3,(H,80,81)/t73-,74+/m1/s1. The van der Waals surface area contributed by atoms with Gasteiger partial charge in [0.15, 0.2) is 6.10 Å². The molecule has 1 amide bonds. The van der Waals surface area contributed by atoms with Gasteiger partial charge in [0.25, 0.3) is 0 Å². The van der Waals surface area contributed by atoms with Crippen LogP contribution in [0.5, 0.6) is 0 Å². The number of unbranched alkanes of at least 4 members (excludes halogenated alkanes) is 48. The van der Waals surface area contributed by atoms with Gasteiger partial charge in [-0.3, -0.25) is 14.4 Å². The Morgan fingerprint density at radius 1 is 0.341 bits per heavy atom. The highest BCUT2D eigenvalue weighted by atomic mass is 32.2. The minimum Gasteiger partial charge on any atom is -0.462 e. The molecule has 0 heterocycles. The number of benzene rings is 2. The molecule has 0 unspecified atom stereocenters. The Hall–Kier alpha value is -3.33. The molecule has 1 N–H and O–H groups in total. The molecular formula is C79H137NO7S. The highest BCUT2D eigenvalue weighted by Gasteiger charge is 2.28. The summed E-state index contributed by atoms with van der Waals surface area (Å²) in [4.78, 5) is 54.6. The number of hydrogen-bond acceptors (Lipinski definition) is 8. The van der Waals surface area contributed by atoms with E-state index in [2.05, 4.69) is 26.1 Å². The summed E-state index contributed by atoms with van der Waals surface area (Å²) < 4.78 is 18.2. The maximum atomic E-state index is 14.3. The van der Waals surface area contributed by atoms with E-state index in [1.807, 2.05) is 60.7 Å². The second kappa shape index (κ2) is 62.5. The van der Waals surface area contributed by atoms with Gasteiger partial charge < -0.3 is 19.5 Å². The number of carbonyl (C=O) groups is 4. The first kappa shape index (κ1) is 80.8. The minimum atomic E-state index is -0.938. The molecule has 2 aromatic carbocycles. The van der Waals surface area contributed by atoms with E-state index >= 15 is 0 Å². The molecule has 0 aliphatic carbocycles. The van der Waals surface area contributed by atoms with Crippen molar-refractivity contribution in [3.63, 3.8) is 0 Å². The van der Waals surface area contributed by atoms with Gasteiger partial charge in [-0.25, -0.2) is 4.79 Å². The van der Waals surface area contributed by atoms with Crippen LogP contribution in [-0.2, 0) is 33.4 Å². The fourth-order valence-corrected chi connectivity index (χ4v) is 13.2. The smallest absolute Gasteiger partial charge is 0.330 e. The highest BCUT2D eigenvalue weighted by Crippen LogP contribution is 2.28. The first-order chi connectivity index (χ1) is 43.4. The van der Waals surface area contributed by atoms with Crippen LogP contribution in [0.4, 0.5) is 0 Å². The number of amides is 1. The zero-order chi connectivity index (χ0) is 63.1. The van der Waals surface area contributed by atoms with Crippen molar-refractivity contribution in [2.24, 2.45) is 0 Å². The van der Waals surface area contributed by atoms with Gasteiger partial charge in [0.2, 0.25) is 5.91 Å². The van der Waals surface area contributed by atoms with E-state index < -0.39 is 24.2 Å². The van der Waals surface area contributed by atoms with Crippen LogP contribution >= 0.6 is 11.8 Å². The maximum Gasteiger partial charge on any atom is 0.330 e. The zero-order valence-corrected chi connectivity index (χ0v) is 58.4. The highest BCUT2D eigenvalue weighted by molar-refractivity contribution is 7.99. The SMILES string of the molecule is CCCCCCCCCCCCCCCCCCCCCC(=O)OC[C@H](CSC[C@H](NC(=O)CCCCCCCCCCCCCCC)C(=O)OC(c1ccccc1)c1ccccc1)OC(=O)CCCCCCCCCCCCCCCCCCCCC. The molecule has 0 aromatic heterocycles. The third-order valence-corrected chi connectivity index (χ3v) is 19.0. The molecule has 0 aliphatic rings. The van der Waals surface area contributed by atoms with Gasteiger partial charge in [0.1, 0.15) is 18.8 Å². The number of carbonyl (C=O) groups excluding carboxylic acids is 4. The second-order valence-corrected chi connectivity index (χ2v) is 27.4. The van der Waals surface area contributed by atoms with Gasteiger partial charge in [-0.2, -0.15) is 11.8 Å². The lowest BCUT2D eigenvalue weighted by Crippen LogP contribution is -2.44. The Morgan fingerprint density at radius 2 is 0.625 bits per heavy atom. The summed E-state index contributed by atoms with van der Waals surface area (Å²) in [6, 6.07) is 18.5. The molecular weight excluding hydrogens is 1110 g/mol. The first-order valence-corrected chi connectivity index (χ1v) is 39.1. The van der Waals surface area contributed by atoms with Gasteiger partial charge in [-0.15, -0.1) is 0 Å². The molecule has 2 rings (SSSR count). The van der Waals surface area contributed by atoms with E-state index in [1.54, 1.807) is 0 Å². The number of esters is 3. The Labute approximate surface area is 547 Å². The van der Waals surface area contributed by atoms with E-state index in [4.69, 9.17) is 14.2 Å². The minimum absolute atomic E-state index is 0.0412. The molecule has 0 aliphatic heterocycles. The molecule has 0 spiro atoms. The summed E-state index contributed by atoms with van der Waals surface area (Å²) in [7, 11) is 0. The summed E-state index contributed by atoms with van der Waals surface area (Å²) >= 11 is 1.41. The van der Waals surface area contributed by atoms with Crippen LogP contribution in [0.3, 0.4) is 0 Å². The molecule has 506 valence electrons. The number of thioether (sulfide) groups is 1. The average molecular weight is 1250 g/mol. The van der Waals surface area contributed by atoms with Crippen LogP contribution in [0.15, 0.2) is 60.7 Å². The molecule has 0 fully saturated rings. The number of hydrogen-bond donors (Lipinski definition) is 1. The van der Waals surface area contributed by atoms with Crippen LogP contribution < -0.4 is 5.32 Å². The van der Waals surface area contributed by atoms with E-state index in [9.17, 15) is 19.2 Å². The summed E-state index contributed by atoms with van der Waals surface area (Å²) in [6.07, 6.45) is 64.9. The Kier molecular flexibility index (Phi) is 57.3. The van der Waals surface area contributed by atoms with Crippen LogP contribution in [0.2, 0.25) is 0 Å². The Balaban J connectivity index is 1.90. The Bertz CT molecular complexity index is 1810. The third-order valence-electron chi connectivity index (χ3n) is 17.9. The largest absolute Gasteiger partial charge is 0.462 e. The number of rotatable bonds is 66. The van der Waals surface area contributed by atoms with Crippen molar-refractivity contribution >= 4 is 35.6 Å². The Morgan fingerprint density at radius 3 is 0.943 bits per heavy atom. The quantitative estimate of drug-likeness (QED) is 0.0396. The zero-order valence-electron chi connectivity index (χ0n) is 57.6. The van der Waals surface area contributed by atoms with Crippen molar-refractivity contribution in [3.8, 4) is 0 Å². The maximum absolute atomic E-state index is 14.3. The molecule has 2 atom stereocenters. The van der Waals surface area contributed by atoms with Crippen molar-refractivity contribution in [1.29, 1.82) is 0 Å². The molecule has 2 aromatic rings. The van der Waals surface area contributed by atoms with E-state index in [0.717, 1.165) is 68.9 Å². The van der Waals surface area contributed by atoms with Crippen LogP contribution in [0.1, 0.15) is 385 Å². The summed E-state index contributed by atoms with van der Waals surface area (Å²) in [5.74, 6) is -0.743. The second-order valence-electron chi connectivity index (χ2n) is 26.3. The topological polar surface area (TPSA) is 108 Å². The third kappa shape index (κ3) is 50.3. The molecule has 8 nitrogen and oxygen atoms in total. The first-order valence-electron chi connectivity index (χ1n) is 37.9. The van der Waals surface area contributed by atoms with E-state index in [-0.39, 0.29) is 30.2 Å². The van der Waals surface area contributed by atoms with Crippen LogP contribution in [0, 0.1) is 0 Å². The lowest BCUT2D eigenvalue weighted by Gasteiger charge is -2.24. The van der Waals surface area contributed by atoms with Gasteiger partial charge >= 0.3 is 17.9 Å². The number of ether oxygens (including phenoxy) is 3. The molecule has 0 bridgehead atoms. The average Bonchev–Trinajstić information content (AvgIpc) is 3.48. The summed E-state index contributed by atoms with van der Waals surface area (Å²) in [5, 5.41) is 3.05. The molecule has 88 heavy (non-hydrogen) atoms. The normalized spacial score (nSPS) is 12.1. The molecule has 9 heteroatoms. The lowest BCUT2D eigenvalue weighted by atomic mass is 10.0. The van der Waals surface area contributed by atoms with Crippen molar-refractivity contribution in [3.05, 3.63) is 71.8 Å². The van der Waals surface area contributed by atoms with Gasteiger partial charge in [0, 0.05) is 30.8 Å². The van der Waals surface area contributed by atoms with Crippen molar-refractivity contribution in [1.82, 2.24) is 5.32 Å². The summed E-state index contributed by atoms with van der Waals surface area (Å²) in [6.45, 7) is 6.80. The molecule has 0 saturated carbocycles. The fourth-order valence-electron chi connectivity index (χ4n) is 12.2. The van der Waals surface area contributed by atoms with Gasteiger partial charge in [0.05, 0.1) is 0 Å². The van der Waals surface area contributed by atoms with Crippen molar-refractivity contribution in [2.75, 3.05) is 18.1 Å². The van der Waals surface area contributed by atoms with E-state index in [1.165, 1.54) is 281 Å². The van der Waals surface area contributed by atoms with Crippen molar-refractivity contribution < 1.29 is 33.4 Å². The molecule has 0 saturated heterocycles. The van der Waals surface area contributed by atoms with Gasteiger partial charge in [-0.1, -0.05) is 390 Å². The number of nitrogens with one attached hydrogen (secondary N) is 1. The fraction of sp³-hybridized carbons (Fsp3) is 0.797.